The fourth-order valence-electron chi connectivity index (χ4n) is 1.64. The summed E-state index contributed by atoms with van der Waals surface area (Å²) in [6.07, 6.45) is -0.124. The lowest BCUT2D eigenvalue weighted by molar-refractivity contribution is -0.136. The first kappa shape index (κ1) is 14.6. The molecule has 0 fully saturated rings. The first-order chi connectivity index (χ1) is 9.51. The Bertz CT molecular complexity index is 641. The van der Waals surface area contributed by atoms with Gasteiger partial charge in [0.1, 0.15) is 5.01 Å². The van der Waals surface area contributed by atoms with E-state index in [2.05, 4.69) is 4.98 Å². The zero-order valence-electron chi connectivity index (χ0n) is 10.6. The van der Waals surface area contributed by atoms with Crippen LogP contribution >= 0.6 is 22.9 Å². The zero-order chi connectivity index (χ0) is 14.7. The second-order valence-corrected chi connectivity index (χ2v) is 5.22. The van der Waals surface area contributed by atoms with Gasteiger partial charge in [-0.1, -0.05) is 11.6 Å². The molecule has 0 bridgehead atoms. The van der Waals surface area contributed by atoms with Gasteiger partial charge in [0.25, 0.3) is 0 Å². The number of phenolic OH excluding ortho intramolecular Hbond substituents is 1. The Hall–Kier alpha value is -1.79. The number of phenols is 1. The second-order valence-electron chi connectivity index (χ2n) is 3.95. The van der Waals surface area contributed by atoms with E-state index in [4.69, 9.17) is 21.4 Å². The Labute approximate surface area is 124 Å². The third kappa shape index (κ3) is 3.20. The molecule has 1 aromatic heterocycles. The Morgan fingerprint density at radius 2 is 2.25 bits per heavy atom. The van der Waals surface area contributed by atoms with Gasteiger partial charge in [-0.3, -0.25) is 4.79 Å². The number of aliphatic carboxylic acids is 1. The van der Waals surface area contributed by atoms with E-state index in [1.54, 1.807) is 24.4 Å². The fraction of sp³-hybridized carbons (Fsp3) is 0.231. The number of aromatic hydroxyl groups is 1. The van der Waals surface area contributed by atoms with E-state index in [0.29, 0.717) is 22.9 Å². The molecule has 0 unspecified atom stereocenters. The van der Waals surface area contributed by atoms with Gasteiger partial charge in [0, 0.05) is 10.9 Å². The number of carboxylic acid groups (broad SMARTS) is 1. The fourth-order valence-corrected chi connectivity index (χ4v) is 2.66. The number of hydrogen-bond donors (Lipinski definition) is 2. The number of benzene rings is 1. The molecule has 2 rings (SSSR count). The van der Waals surface area contributed by atoms with Crippen LogP contribution in [0.3, 0.4) is 0 Å². The third-order valence-electron chi connectivity index (χ3n) is 2.46. The zero-order valence-corrected chi connectivity index (χ0v) is 12.2. The van der Waals surface area contributed by atoms with Crippen molar-refractivity contribution >= 4 is 28.9 Å². The van der Waals surface area contributed by atoms with Crippen molar-refractivity contribution in [3.8, 4) is 22.1 Å². The van der Waals surface area contributed by atoms with Gasteiger partial charge in [0.05, 0.1) is 23.7 Å². The molecule has 1 heterocycles. The molecule has 5 nitrogen and oxygen atoms in total. The predicted octanol–water partition coefficient (Wildman–Crippen LogP) is 3.19. The van der Waals surface area contributed by atoms with Crippen molar-refractivity contribution in [2.24, 2.45) is 0 Å². The molecule has 7 heteroatoms. The minimum absolute atomic E-state index is 0.111. The van der Waals surface area contributed by atoms with E-state index in [1.165, 1.54) is 11.3 Å². The topological polar surface area (TPSA) is 79.7 Å². The van der Waals surface area contributed by atoms with Crippen LogP contribution in [0.5, 0.6) is 11.5 Å². The van der Waals surface area contributed by atoms with Gasteiger partial charge >= 0.3 is 5.97 Å². The summed E-state index contributed by atoms with van der Waals surface area (Å²) < 4.78 is 5.30. The summed E-state index contributed by atoms with van der Waals surface area (Å²) in [5, 5.41) is 21.0. The van der Waals surface area contributed by atoms with E-state index in [9.17, 15) is 9.90 Å². The van der Waals surface area contributed by atoms with Crippen molar-refractivity contribution in [1.29, 1.82) is 0 Å². The molecule has 0 amide bonds. The maximum atomic E-state index is 10.6. The highest BCUT2D eigenvalue weighted by molar-refractivity contribution is 7.13. The lowest BCUT2D eigenvalue weighted by atomic mass is 10.2. The number of halogens is 1. The standard InChI is InChI=1S/C13H12ClNO4S/c1-2-19-10-4-7(3-9(14)12(10)18)13-15-8(6-20-13)5-11(16)17/h3-4,6,18H,2,5H2,1H3,(H,16,17). The van der Waals surface area contributed by atoms with Crippen molar-refractivity contribution in [3.05, 3.63) is 28.2 Å². The number of nitrogens with zero attached hydrogens (tertiary/aromatic N) is 1. The van der Waals surface area contributed by atoms with E-state index in [0.717, 1.165) is 0 Å². The smallest absolute Gasteiger partial charge is 0.309 e. The molecular weight excluding hydrogens is 302 g/mol. The molecule has 0 spiro atoms. The number of aromatic nitrogens is 1. The molecule has 0 aliphatic carbocycles. The van der Waals surface area contributed by atoms with Crippen LogP contribution in [0.15, 0.2) is 17.5 Å². The van der Waals surface area contributed by atoms with Gasteiger partial charge in [0.2, 0.25) is 0 Å². The van der Waals surface area contributed by atoms with E-state index in [-0.39, 0.29) is 22.9 Å². The first-order valence-corrected chi connectivity index (χ1v) is 7.09. The van der Waals surface area contributed by atoms with Crippen molar-refractivity contribution in [3.63, 3.8) is 0 Å². The molecule has 2 N–H and O–H groups in total. The maximum absolute atomic E-state index is 10.6. The predicted molar refractivity (Wildman–Crippen MR) is 76.7 cm³/mol. The van der Waals surface area contributed by atoms with Gasteiger partial charge in [-0.05, 0) is 19.1 Å². The van der Waals surface area contributed by atoms with Gasteiger partial charge in [-0.25, -0.2) is 4.98 Å². The van der Waals surface area contributed by atoms with Gasteiger partial charge < -0.3 is 14.9 Å². The Kier molecular flexibility index (Phi) is 4.46. The van der Waals surface area contributed by atoms with Gasteiger partial charge in [-0.15, -0.1) is 11.3 Å². The van der Waals surface area contributed by atoms with Crippen LogP contribution < -0.4 is 4.74 Å². The number of carbonyl (C=O) groups is 1. The summed E-state index contributed by atoms with van der Waals surface area (Å²) >= 11 is 7.26. The number of rotatable bonds is 5. The summed E-state index contributed by atoms with van der Waals surface area (Å²) in [7, 11) is 0. The molecule has 0 saturated carbocycles. The van der Waals surface area contributed by atoms with Crippen LogP contribution in [0.1, 0.15) is 12.6 Å². The average Bonchev–Trinajstić information content (AvgIpc) is 2.82. The quantitative estimate of drug-likeness (QED) is 0.886. The van der Waals surface area contributed by atoms with E-state index in [1.807, 2.05) is 0 Å². The van der Waals surface area contributed by atoms with Crippen LogP contribution in [-0.4, -0.2) is 27.8 Å². The van der Waals surface area contributed by atoms with Gasteiger partial charge in [-0.2, -0.15) is 0 Å². The van der Waals surface area contributed by atoms with Crippen LogP contribution in [-0.2, 0) is 11.2 Å². The lowest BCUT2D eigenvalue weighted by Crippen LogP contribution is -1.99. The van der Waals surface area contributed by atoms with E-state index < -0.39 is 5.97 Å². The number of carboxylic acids is 1. The molecule has 0 aliphatic heterocycles. The third-order valence-corrected chi connectivity index (χ3v) is 3.69. The molecule has 1 aromatic carbocycles. The summed E-state index contributed by atoms with van der Waals surface area (Å²) in [5.74, 6) is -0.759. The largest absolute Gasteiger partial charge is 0.503 e. The van der Waals surface area contributed by atoms with Crippen molar-refractivity contribution in [2.75, 3.05) is 6.61 Å². The average molecular weight is 314 g/mol. The summed E-state index contributed by atoms with van der Waals surface area (Å²) in [4.78, 5) is 14.9. The SMILES string of the molecule is CCOc1cc(-c2nc(CC(=O)O)cs2)cc(Cl)c1O. The van der Waals surface area contributed by atoms with Gasteiger partial charge in [0.15, 0.2) is 11.5 Å². The van der Waals surface area contributed by atoms with Crippen LogP contribution in [0.4, 0.5) is 0 Å². The highest BCUT2D eigenvalue weighted by Crippen LogP contribution is 2.39. The Morgan fingerprint density at radius 1 is 1.50 bits per heavy atom. The summed E-state index contributed by atoms with van der Waals surface area (Å²) in [5.41, 5.74) is 1.16. The number of hydrogen-bond acceptors (Lipinski definition) is 5. The minimum Gasteiger partial charge on any atom is -0.503 e. The molecule has 20 heavy (non-hydrogen) atoms. The minimum atomic E-state index is -0.930. The number of ether oxygens (including phenoxy) is 1. The van der Waals surface area contributed by atoms with Crippen molar-refractivity contribution in [1.82, 2.24) is 4.98 Å². The second kappa shape index (κ2) is 6.11. The Balaban J connectivity index is 2.37. The van der Waals surface area contributed by atoms with Crippen molar-refractivity contribution < 1.29 is 19.7 Å². The highest BCUT2D eigenvalue weighted by Gasteiger charge is 2.14. The number of thiazole rings is 1. The first-order valence-electron chi connectivity index (χ1n) is 5.83. The van der Waals surface area contributed by atoms with Crippen LogP contribution in [0.2, 0.25) is 5.02 Å². The lowest BCUT2D eigenvalue weighted by Gasteiger charge is -2.08. The molecule has 0 saturated heterocycles. The van der Waals surface area contributed by atoms with Crippen LogP contribution in [0, 0.1) is 0 Å². The van der Waals surface area contributed by atoms with E-state index >= 15 is 0 Å². The molecule has 0 radical (unpaired) electrons. The highest BCUT2D eigenvalue weighted by atomic mass is 35.5. The Morgan fingerprint density at radius 3 is 2.90 bits per heavy atom. The van der Waals surface area contributed by atoms with Crippen molar-refractivity contribution in [2.45, 2.75) is 13.3 Å². The molecule has 0 atom stereocenters. The molecular formula is C13H12ClNO4S. The summed E-state index contributed by atoms with van der Waals surface area (Å²) in [6.45, 7) is 2.20. The summed E-state index contributed by atoms with van der Waals surface area (Å²) in [6, 6.07) is 3.21. The van der Waals surface area contributed by atoms with Crippen LogP contribution in [0.25, 0.3) is 10.6 Å². The monoisotopic (exact) mass is 313 g/mol. The normalized spacial score (nSPS) is 10.5. The maximum Gasteiger partial charge on any atom is 0.309 e. The molecule has 106 valence electrons. The molecule has 2 aromatic rings. The molecule has 0 aliphatic rings.